The van der Waals surface area contributed by atoms with Gasteiger partial charge in [0, 0.05) is 4.79 Å². The van der Waals surface area contributed by atoms with Crippen molar-refractivity contribution in [1.82, 2.24) is 0 Å². The minimum absolute atomic E-state index is 0.0544. The molecule has 0 fully saturated rings. The Morgan fingerprint density at radius 1 is 1.67 bits per heavy atom. The second-order valence-corrected chi connectivity index (χ2v) is 1.32. The summed E-state index contributed by atoms with van der Waals surface area (Å²) in [7, 11) is 0. The standard InChI is InChI=1S/C5H10O4/c1-3-8-5(6)9(7)4-2/h3-4H2,1-2H3. The number of carbonyl (C=O) groups excluding carboxylic acids is 1. The molecule has 0 aliphatic heterocycles. The van der Waals surface area contributed by atoms with Crippen LogP contribution in [0.15, 0.2) is 0 Å². The summed E-state index contributed by atoms with van der Waals surface area (Å²) in [5.41, 5.74) is 0. The molecule has 0 saturated heterocycles. The Morgan fingerprint density at radius 2 is 2.22 bits per heavy atom. The zero-order valence-electron chi connectivity index (χ0n) is 5.55. The molecule has 0 unspecified atom stereocenters. The van der Waals surface area contributed by atoms with Crippen LogP contribution in [0.5, 0.6) is 0 Å². The second kappa shape index (κ2) is 4.14. The molecule has 0 N–H and O–H groups in total. The summed E-state index contributed by atoms with van der Waals surface area (Å²) in [5.74, 6) is 0. The van der Waals surface area contributed by atoms with Gasteiger partial charge in [0.1, 0.15) is 0 Å². The maximum atomic E-state index is 10.3. The molecule has 0 bridgehead atoms. The monoisotopic (exact) mass is 134 g/mol. The van der Waals surface area contributed by atoms with Crippen LogP contribution >= 0.6 is 0 Å². The summed E-state index contributed by atoms with van der Waals surface area (Å²) in [5, 5.41) is 10.3. The Labute approximate surface area is 53.6 Å². The summed E-state index contributed by atoms with van der Waals surface area (Å²) in [6.45, 7) is 3.47. The SMILES string of the molecule is CCOC(=O)[O+]([O-])CC. The Morgan fingerprint density at radius 3 is 2.56 bits per heavy atom. The van der Waals surface area contributed by atoms with Crippen molar-refractivity contribution in [3.63, 3.8) is 0 Å². The van der Waals surface area contributed by atoms with Gasteiger partial charge in [0.15, 0.2) is 6.61 Å². The summed E-state index contributed by atoms with van der Waals surface area (Å²) in [6, 6.07) is 0. The van der Waals surface area contributed by atoms with Gasteiger partial charge in [-0.3, -0.25) is 0 Å². The first-order chi connectivity index (χ1) is 4.22. The zero-order chi connectivity index (χ0) is 7.28. The van der Waals surface area contributed by atoms with Gasteiger partial charge in [-0.1, -0.05) is 0 Å². The fourth-order valence-electron chi connectivity index (χ4n) is 0.301. The van der Waals surface area contributed by atoms with Crippen LogP contribution in [0, 0.1) is 0 Å². The predicted octanol–water partition coefficient (Wildman–Crippen LogP) is -0.00960. The Kier molecular flexibility index (Phi) is 3.79. The van der Waals surface area contributed by atoms with Crippen LogP contribution in [-0.4, -0.2) is 19.4 Å². The van der Waals surface area contributed by atoms with Gasteiger partial charge in [-0.05, 0) is 13.8 Å². The summed E-state index contributed by atoms with van der Waals surface area (Å²) in [4.78, 5) is 10.3. The number of ether oxygens (including phenoxy) is 1. The van der Waals surface area contributed by atoms with E-state index in [-0.39, 0.29) is 13.2 Å². The van der Waals surface area contributed by atoms with Crippen molar-refractivity contribution >= 4 is 6.16 Å². The number of rotatable bonds is 2. The summed E-state index contributed by atoms with van der Waals surface area (Å²) >= 11 is 0. The summed E-state index contributed by atoms with van der Waals surface area (Å²) in [6.07, 6.45) is -0.889. The lowest BCUT2D eigenvalue weighted by Gasteiger charge is -2.22. The van der Waals surface area contributed by atoms with Crippen LogP contribution in [0.25, 0.3) is 0 Å². The molecule has 0 saturated carbocycles. The fourth-order valence-corrected chi connectivity index (χ4v) is 0.301. The van der Waals surface area contributed by atoms with Crippen LogP contribution in [0.3, 0.4) is 0 Å². The molecule has 0 aliphatic carbocycles. The molecule has 54 valence electrons. The molecule has 0 radical (unpaired) electrons. The molecular weight excluding hydrogens is 124 g/mol. The molecule has 4 nitrogen and oxygen atoms in total. The van der Waals surface area contributed by atoms with Crippen molar-refractivity contribution in [2.45, 2.75) is 13.8 Å². The molecule has 0 rings (SSSR count). The van der Waals surface area contributed by atoms with Gasteiger partial charge in [0.05, 0.1) is 6.61 Å². The minimum Gasteiger partial charge on any atom is -0.626 e. The highest BCUT2D eigenvalue weighted by Crippen LogP contribution is 1.89. The molecule has 0 spiro atoms. The van der Waals surface area contributed by atoms with Crippen LogP contribution in [0.2, 0.25) is 0 Å². The number of hydrogen-bond donors (Lipinski definition) is 0. The molecule has 0 aromatic carbocycles. The van der Waals surface area contributed by atoms with Gasteiger partial charge in [0.25, 0.3) is 0 Å². The van der Waals surface area contributed by atoms with Crippen molar-refractivity contribution < 1.29 is 19.3 Å². The van der Waals surface area contributed by atoms with Crippen molar-refractivity contribution in [1.29, 1.82) is 0 Å². The molecule has 0 atom stereocenters. The normalized spacial score (nSPS) is 8.78. The van der Waals surface area contributed by atoms with Crippen LogP contribution in [-0.2, 0) is 9.25 Å². The van der Waals surface area contributed by atoms with Gasteiger partial charge in [-0.25, -0.2) is 0 Å². The maximum absolute atomic E-state index is 10.3. The molecule has 9 heavy (non-hydrogen) atoms. The highest BCUT2D eigenvalue weighted by Gasteiger charge is 2.13. The van der Waals surface area contributed by atoms with E-state index in [2.05, 4.69) is 4.74 Å². The van der Waals surface area contributed by atoms with E-state index < -0.39 is 6.16 Å². The highest BCUT2D eigenvalue weighted by atomic mass is 17.3. The molecule has 4 heteroatoms. The van der Waals surface area contributed by atoms with Crippen molar-refractivity contribution in [2.75, 3.05) is 13.2 Å². The lowest BCUT2D eigenvalue weighted by molar-refractivity contribution is -0.758. The van der Waals surface area contributed by atoms with Crippen LogP contribution in [0.1, 0.15) is 13.8 Å². The number of hydrogen-bond acceptors (Lipinski definition) is 3. The van der Waals surface area contributed by atoms with E-state index in [1.54, 1.807) is 13.8 Å². The van der Waals surface area contributed by atoms with Gasteiger partial charge < -0.3 is 14.5 Å². The zero-order valence-corrected chi connectivity index (χ0v) is 5.55. The van der Waals surface area contributed by atoms with Crippen molar-refractivity contribution in [3.05, 3.63) is 0 Å². The third-order valence-electron chi connectivity index (χ3n) is 0.710. The predicted molar refractivity (Wildman–Crippen MR) is 28.6 cm³/mol. The average Bonchev–Trinajstić information content (AvgIpc) is 1.87. The van der Waals surface area contributed by atoms with E-state index in [1.165, 1.54) is 0 Å². The average molecular weight is 134 g/mol. The smallest absolute Gasteiger partial charge is 0.626 e. The quantitative estimate of drug-likeness (QED) is 0.231. The molecule has 0 aromatic heterocycles. The maximum Gasteiger partial charge on any atom is 0.727 e. The van der Waals surface area contributed by atoms with Gasteiger partial charge in [-0.15, -0.1) is 0 Å². The first-order valence-corrected chi connectivity index (χ1v) is 2.77. The van der Waals surface area contributed by atoms with Gasteiger partial charge in [-0.2, -0.15) is 0 Å². The lowest BCUT2D eigenvalue weighted by atomic mass is 10.8. The van der Waals surface area contributed by atoms with Crippen LogP contribution in [0.4, 0.5) is 4.79 Å². The minimum atomic E-state index is -0.889. The largest absolute Gasteiger partial charge is 0.727 e. The molecule has 0 aliphatic rings. The van der Waals surface area contributed by atoms with Crippen LogP contribution < -0.4 is 5.26 Å². The molecule has 0 amide bonds. The second-order valence-electron chi connectivity index (χ2n) is 1.32. The van der Waals surface area contributed by atoms with Crippen molar-refractivity contribution in [2.24, 2.45) is 0 Å². The lowest BCUT2D eigenvalue weighted by Crippen LogP contribution is -2.32. The first kappa shape index (κ1) is 8.23. The van der Waals surface area contributed by atoms with Gasteiger partial charge >= 0.3 is 6.16 Å². The van der Waals surface area contributed by atoms with E-state index in [0.717, 1.165) is 4.52 Å². The first-order valence-electron chi connectivity index (χ1n) is 2.77. The van der Waals surface area contributed by atoms with E-state index in [9.17, 15) is 10.1 Å². The topological polar surface area (TPSA) is 52.1 Å². The van der Waals surface area contributed by atoms with E-state index in [4.69, 9.17) is 0 Å². The van der Waals surface area contributed by atoms with Gasteiger partial charge in [0.2, 0.25) is 0 Å². The Balaban J connectivity index is 3.46. The van der Waals surface area contributed by atoms with Crippen molar-refractivity contribution in [3.8, 4) is 0 Å². The molecular formula is C5H10O4. The van der Waals surface area contributed by atoms with E-state index >= 15 is 0 Å². The summed E-state index contributed by atoms with van der Waals surface area (Å²) < 4.78 is 5.33. The molecule has 0 aromatic rings. The Bertz CT molecular complexity index is 91.0. The molecule has 0 heterocycles. The fraction of sp³-hybridized carbons (Fsp3) is 0.800. The number of carbonyl (C=O) groups is 1. The van der Waals surface area contributed by atoms with E-state index in [0.29, 0.717) is 0 Å². The van der Waals surface area contributed by atoms with E-state index in [1.807, 2.05) is 0 Å². The third-order valence-corrected chi connectivity index (χ3v) is 0.710. The third kappa shape index (κ3) is 2.92. The highest BCUT2D eigenvalue weighted by molar-refractivity contribution is 5.60. The Hall–Kier alpha value is -0.770.